The smallest absolute Gasteiger partial charge is 0.313 e. The minimum Gasteiger partial charge on any atom is -0.469 e. The van der Waals surface area contributed by atoms with E-state index in [1.165, 1.54) is 38.5 Å². The van der Waals surface area contributed by atoms with Gasteiger partial charge in [0.15, 0.2) is 0 Å². The van der Waals surface area contributed by atoms with Crippen molar-refractivity contribution in [1.82, 2.24) is 41.6 Å². The number of hydrazine groups is 2. The van der Waals surface area contributed by atoms with Crippen LogP contribution in [-0.4, -0.2) is 46.1 Å². The first-order valence-corrected chi connectivity index (χ1v) is 25.4. The van der Waals surface area contributed by atoms with E-state index in [4.69, 9.17) is 29.4 Å². The quantitative estimate of drug-likeness (QED) is 0.187. The van der Waals surface area contributed by atoms with Gasteiger partial charge >= 0.3 is 11.9 Å². The lowest BCUT2D eigenvalue weighted by molar-refractivity contribution is -0.290. The number of carbonyl (C=O) groups is 2. The maximum Gasteiger partial charge on any atom is 0.313 e. The van der Waals surface area contributed by atoms with E-state index in [9.17, 15) is 0 Å². The summed E-state index contributed by atoms with van der Waals surface area (Å²) in [6.07, 6.45) is 15.0. The lowest BCUT2D eigenvalue weighted by Gasteiger charge is -2.77. The first kappa shape index (κ1) is 37.4. The average Bonchev–Trinajstić information content (AvgIpc) is 4.27. The summed E-state index contributed by atoms with van der Waals surface area (Å²) in [6.45, 7) is 0. The Bertz CT molecular complexity index is 2440. The standard InChI is InChI=1S/C54H56N8O4/c1-65-47(63)49-39-33-34-40(49)44-46(54(32-14-6-10-22-58-32)38-28-18-16-26(24-28)36(38)52(44,60-62-54)30-12-4-8-20-56-30)42(34)50(49,48(64)66-2)41(33)45-43(39)51(29-11-3-7-19-55-29)35-25-15-17-27(23-25)37(35)53(45,61-59-51)31-13-5-9-21-57-31/h3-14,19-22,25-28,33-46,59-62H,15-18,23-24H2,1-2H3. The maximum absolute atomic E-state index is 16.3. The molecule has 4 saturated heterocycles. The highest BCUT2D eigenvalue weighted by atomic mass is 16.5. The van der Waals surface area contributed by atoms with Crippen molar-refractivity contribution in [2.24, 2.45) is 117 Å². The Morgan fingerprint density at radius 3 is 0.924 bits per heavy atom. The summed E-state index contributed by atoms with van der Waals surface area (Å²) in [5, 5.41) is 0. The monoisotopic (exact) mass is 880 g/mol. The molecule has 12 saturated carbocycles. The second kappa shape index (κ2) is 11.6. The third-order valence-electron chi connectivity index (χ3n) is 23.6. The van der Waals surface area contributed by atoms with Crippen molar-refractivity contribution in [3.63, 3.8) is 0 Å². The van der Waals surface area contributed by atoms with Gasteiger partial charge in [0, 0.05) is 24.8 Å². The van der Waals surface area contributed by atoms with Crippen molar-refractivity contribution in [2.45, 2.75) is 60.7 Å². The summed E-state index contributed by atoms with van der Waals surface area (Å²) in [4.78, 5) is 54.1. The molecule has 4 aromatic rings. The summed E-state index contributed by atoms with van der Waals surface area (Å²) in [7, 11) is 3.18. The molecule has 0 aromatic carbocycles. The SMILES string of the molecule is COC(=O)C12C3C4C5C1C1C(C5C2(C(=O)OC)C4C2C3C3(c4ccccn4)NNC2(c2ccccn2)C2C4CCC(C4)C23)C2(c3ccccn3)NNC1(c1ccccn1)C1C3CCC(C3)C12. The lowest BCUT2D eigenvalue weighted by atomic mass is 9.31. The summed E-state index contributed by atoms with van der Waals surface area (Å²) < 4.78 is 12.8. The number of rotatable bonds is 6. The Morgan fingerprint density at radius 2 is 0.697 bits per heavy atom. The van der Waals surface area contributed by atoms with Crippen LogP contribution in [0.2, 0.25) is 0 Å². The zero-order valence-electron chi connectivity index (χ0n) is 37.3. The molecule has 20 atom stereocenters. The lowest BCUT2D eigenvalue weighted by Crippen LogP contribution is -2.88. The topological polar surface area (TPSA) is 152 Å². The van der Waals surface area contributed by atoms with Crippen LogP contribution in [-0.2, 0) is 41.2 Å². The minimum absolute atomic E-state index is 0.0224. The Balaban J connectivity index is 0.987. The zero-order valence-corrected chi connectivity index (χ0v) is 37.3. The summed E-state index contributed by atoms with van der Waals surface area (Å²) in [5.74, 6) is 2.22. The second-order valence-electron chi connectivity index (χ2n) is 23.7. The molecule has 66 heavy (non-hydrogen) atoms. The largest absolute Gasteiger partial charge is 0.469 e. The molecule has 4 N–H and O–H groups in total. The van der Waals surface area contributed by atoms with E-state index in [1.54, 1.807) is 14.2 Å². The number of esters is 2. The van der Waals surface area contributed by atoms with Gasteiger partial charge in [-0.1, -0.05) is 24.3 Å². The molecule has 16 aliphatic rings. The molecule has 12 aliphatic carbocycles. The summed E-state index contributed by atoms with van der Waals surface area (Å²) in [6, 6.07) is 25.8. The molecule has 4 aromatic heterocycles. The number of hydrogen-bond donors (Lipinski definition) is 4. The molecule has 0 radical (unpaired) electrons. The van der Waals surface area contributed by atoms with Gasteiger partial charge in [0.25, 0.3) is 0 Å². The molecule has 16 fully saturated rings. The predicted molar refractivity (Wildman–Crippen MR) is 236 cm³/mol. The Hall–Kier alpha value is -4.62. The highest BCUT2D eigenvalue weighted by Gasteiger charge is 3.06. The molecule has 4 aliphatic heterocycles. The highest BCUT2D eigenvalue weighted by Crippen LogP contribution is 3.01. The van der Waals surface area contributed by atoms with E-state index >= 15 is 9.59 Å². The van der Waals surface area contributed by atoms with Gasteiger partial charge in [0.1, 0.15) is 0 Å². The van der Waals surface area contributed by atoms with Crippen LogP contribution < -0.4 is 21.7 Å². The number of nitrogens with one attached hydrogen (secondary N) is 4. The number of nitrogens with zero attached hydrogens (tertiary/aromatic N) is 4. The van der Waals surface area contributed by atoms with Crippen molar-refractivity contribution in [3.8, 4) is 0 Å². The molecule has 12 nitrogen and oxygen atoms in total. The van der Waals surface area contributed by atoms with Crippen LogP contribution in [0.3, 0.4) is 0 Å². The molecule has 0 spiro atoms. The van der Waals surface area contributed by atoms with Crippen molar-refractivity contribution in [2.75, 3.05) is 14.2 Å². The van der Waals surface area contributed by atoms with Crippen molar-refractivity contribution < 1.29 is 19.1 Å². The van der Waals surface area contributed by atoms with E-state index < -0.39 is 33.0 Å². The first-order chi connectivity index (χ1) is 32.4. The van der Waals surface area contributed by atoms with Crippen molar-refractivity contribution >= 4 is 11.9 Å². The zero-order chi connectivity index (χ0) is 43.5. The van der Waals surface area contributed by atoms with E-state index in [0.29, 0.717) is 23.7 Å². The number of pyridine rings is 4. The van der Waals surface area contributed by atoms with Gasteiger partial charge in [0.2, 0.25) is 0 Å². The van der Waals surface area contributed by atoms with Crippen LogP contribution >= 0.6 is 0 Å². The molecule has 20 rings (SSSR count). The van der Waals surface area contributed by atoms with E-state index in [1.807, 2.05) is 49.1 Å². The van der Waals surface area contributed by atoms with Gasteiger partial charge in [-0.15, -0.1) is 0 Å². The Kier molecular flexibility index (Phi) is 6.58. The fourth-order valence-electron chi connectivity index (χ4n) is 23.9. The van der Waals surface area contributed by atoms with E-state index in [2.05, 4.69) is 70.2 Å². The van der Waals surface area contributed by atoms with E-state index in [0.717, 1.165) is 22.8 Å². The van der Waals surface area contributed by atoms with Gasteiger partial charge < -0.3 is 9.47 Å². The third-order valence-corrected chi connectivity index (χ3v) is 23.6. The number of ether oxygens (including phenoxy) is 2. The van der Waals surface area contributed by atoms with Crippen molar-refractivity contribution in [3.05, 3.63) is 120 Å². The predicted octanol–water partition coefficient (Wildman–Crippen LogP) is 5.26. The molecule has 12 heteroatoms. The van der Waals surface area contributed by atoms with Crippen LogP contribution in [0.4, 0.5) is 0 Å². The minimum atomic E-state index is -1.14. The van der Waals surface area contributed by atoms with Crippen LogP contribution in [0.1, 0.15) is 61.3 Å². The van der Waals surface area contributed by atoms with Crippen LogP contribution in [0.25, 0.3) is 0 Å². The Morgan fingerprint density at radius 1 is 0.424 bits per heavy atom. The number of fused-ring (bicyclic) bond motifs is 6. The highest BCUT2D eigenvalue weighted by molar-refractivity contribution is 5.95. The second-order valence-corrected chi connectivity index (χ2v) is 23.7. The molecule has 336 valence electrons. The fraction of sp³-hybridized carbons (Fsp3) is 0.593. The van der Waals surface area contributed by atoms with Gasteiger partial charge in [-0.05, 0) is 194 Å². The average molecular weight is 881 g/mol. The van der Waals surface area contributed by atoms with Gasteiger partial charge in [-0.2, -0.15) is 0 Å². The van der Waals surface area contributed by atoms with Gasteiger partial charge in [-0.3, -0.25) is 29.5 Å². The van der Waals surface area contributed by atoms with Crippen LogP contribution in [0, 0.1) is 117 Å². The summed E-state index contributed by atoms with van der Waals surface area (Å²) in [5.41, 5.74) is 16.5. The Labute approximate surface area is 384 Å². The normalized spacial score (nSPS) is 55.0. The molecular weight excluding hydrogens is 825 g/mol. The molecule has 16 bridgehead atoms. The third kappa shape index (κ3) is 3.28. The van der Waals surface area contributed by atoms with Gasteiger partial charge in [-0.25, -0.2) is 21.7 Å². The molecular formula is C54H56N8O4. The number of carbonyl (C=O) groups excluding carboxylic acids is 2. The van der Waals surface area contributed by atoms with Crippen LogP contribution in [0.15, 0.2) is 97.6 Å². The molecule has 8 heterocycles. The number of aromatic nitrogens is 4. The van der Waals surface area contributed by atoms with Crippen LogP contribution in [0.5, 0.6) is 0 Å². The molecule has 0 amide bonds. The maximum atomic E-state index is 16.3. The first-order valence-electron chi connectivity index (χ1n) is 25.4. The fourth-order valence-corrected chi connectivity index (χ4v) is 23.9. The van der Waals surface area contributed by atoms with E-state index in [-0.39, 0.29) is 94.8 Å². The molecule has 20 unspecified atom stereocenters. The van der Waals surface area contributed by atoms with Gasteiger partial charge in [0.05, 0.1) is 70.0 Å². The number of hydrogen-bond acceptors (Lipinski definition) is 12. The summed E-state index contributed by atoms with van der Waals surface area (Å²) >= 11 is 0. The van der Waals surface area contributed by atoms with Crippen molar-refractivity contribution in [1.29, 1.82) is 0 Å². The number of methoxy groups -OCH3 is 2.